The number of carbonyl (C=O) groups is 1. The van der Waals surface area contributed by atoms with Crippen molar-refractivity contribution in [3.05, 3.63) is 26.2 Å². The lowest BCUT2D eigenvalue weighted by molar-refractivity contribution is 0.187. The van der Waals surface area contributed by atoms with E-state index in [9.17, 15) is 4.79 Å². The van der Waals surface area contributed by atoms with Crippen LogP contribution < -0.4 is 5.32 Å². The zero-order valence-electron chi connectivity index (χ0n) is 6.80. The van der Waals surface area contributed by atoms with Crippen LogP contribution in [0.3, 0.4) is 0 Å². The van der Waals surface area contributed by atoms with Gasteiger partial charge < -0.3 is 4.74 Å². The summed E-state index contributed by atoms with van der Waals surface area (Å²) in [6, 6.07) is 5.60. The van der Waals surface area contributed by atoms with E-state index >= 15 is 0 Å². The summed E-state index contributed by atoms with van der Waals surface area (Å²) in [5.41, 5.74) is 0.714. The molecule has 1 aromatic rings. The molecule has 70 valence electrons. The minimum atomic E-state index is -0.464. The molecule has 3 nitrogen and oxygen atoms in total. The summed E-state index contributed by atoms with van der Waals surface area (Å²) in [5, 5.41) is 2.58. The van der Waals surface area contributed by atoms with Gasteiger partial charge in [-0.1, -0.05) is 15.9 Å². The fourth-order valence-corrected chi connectivity index (χ4v) is 2.39. The summed E-state index contributed by atoms with van der Waals surface area (Å²) >= 11 is 5.50. The fourth-order valence-electron chi connectivity index (χ4n) is 0.795. The van der Waals surface area contributed by atoms with E-state index in [2.05, 4.69) is 48.6 Å². The van der Waals surface area contributed by atoms with E-state index in [0.717, 1.165) is 8.04 Å². The third-order valence-electron chi connectivity index (χ3n) is 1.29. The second-order valence-electron chi connectivity index (χ2n) is 2.27. The molecule has 0 spiro atoms. The van der Waals surface area contributed by atoms with Crippen LogP contribution in [0.25, 0.3) is 0 Å². The largest absolute Gasteiger partial charge is 0.453 e. The molecule has 0 aromatic heterocycles. The average molecular weight is 356 g/mol. The van der Waals surface area contributed by atoms with Crippen LogP contribution in [0, 0.1) is 3.57 Å². The maximum Gasteiger partial charge on any atom is 0.411 e. The van der Waals surface area contributed by atoms with Gasteiger partial charge in [-0.2, -0.15) is 0 Å². The molecule has 5 heteroatoms. The van der Waals surface area contributed by atoms with Crippen LogP contribution in [0.1, 0.15) is 0 Å². The number of rotatable bonds is 1. The first kappa shape index (κ1) is 10.8. The molecule has 1 aromatic carbocycles. The maximum absolute atomic E-state index is 10.9. The lowest BCUT2D eigenvalue weighted by Crippen LogP contribution is -2.10. The Labute approximate surface area is 98.1 Å². The molecular weight excluding hydrogens is 349 g/mol. The molecule has 0 aliphatic carbocycles. The predicted octanol–water partition coefficient (Wildman–Crippen LogP) is 3.23. The molecule has 0 saturated carbocycles. The standard InChI is InChI=1S/C8H7BrINO2/c1-13-8(12)11-7-3-5(9)2-6(10)4-7/h2-4H,1H3,(H,11,12). The van der Waals surface area contributed by atoms with Gasteiger partial charge in [-0.05, 0) is 40.8 Å². The van der Waals surface area contributed by atoms with Crippen molar-refractivity contribution in [3.8, 4) is 0 Å². The zero-order valence-corrected chi connectivity index (χ0v) is 10.5. The number of halogens is 2. The highest BCUT2D eigenvalue weighted by Gasteiger charge is 2.01. The van der Waals surface area contributed by atoms with Crippen LogP contribution in [-0.2, 0) is 4.74 Å². The van der Waals surface area contributed by atoms with Crippen molar-refractivity contribution in [2.24, 2.45) is 0 Å². The van der Waals surface area contributed by atoms with Gasteiger partial charge in [0.2, 0.25) is 0 Å². The van der Waals surface area contributed by atoms with Crippen LogP contribution >= 0.6 is 38.5 Å². The molecule has 0 heterocycles. The van der Waals surface area contributed by atoms with Crippen LogP contribution in [0.2, 0.25) is 0 Å². The van der Waals surface area contributed by atoms with Gasteiger partial charge in [-0.3, -0.25) is 5.32 Å². The van der Waals surface area contributed by atoms with Crippen LogP contribution in [0.4, 0.5) is 10.5 Å². The number of nitrogens with one attached hydrogen (secondary N) is 1. The summed E-state index contributed by atoms with van der Waals surface area (Å²) in [5.74, 6) is 0. The number of ether oxygens (including phenoxy) is 1. The van der Waals surface area contributed by atoms with Gasteiger partial charge in [0.05, 0.1) is 7.11 Å². The first-order valence-electron chi connectivity index (χ1n) is 3.43. The number of carbonyl (C=O) groups excluding carboxylic acids is 1. The summed E-state index contributed by atoms with van der Waals surface area (Å²) < 4.78 is 6.43. The Morgan fingerprint density at radius 1 is 1.54 bits per heavy atom. The predicted molar refractivity (Wildman–Crippen MR) is 62.9 cm³/mol. The Kier molecular flexibility index (Phi) is 3.98. The Balaban J connectivity index is 2.83. The van der Waals surface area contributed by atoms with Crippen LogP contribution in [0.15, 0.2) is 22.7 Å². The zero-order chi connectivity index (χ0) is 9.84. The van der Waals surface area contributed by atoms with Gasteiger partial charge in [-0.15, -0.1) is 0 Å². The second-order valence-corrected chi connectivity index (χ2v) is 4.44. The van der Waals surface area contributed by atoms with Crippen molar-refractivity contribution in [2.45, 2.75) is 0 Å². The number of hydrogen-bond acceptors (Lipinski definition) is 2. The molecule has 1 rings (SSSR count). The van der Waals surface area contributed by atoms with E-state index < -0.39 is 6.09 Å². The first-order chi connectivity index (χ1) is 6.11. The van der Waals surface area contributed by atoms with Gasteiger partial charge in [0.25, 0.3) is 0 Å². The normalized spacial score (nSPS) is 9.46. The third kappa shape index (κ3) is 3.51. The number of amides is 1. The summed E-state index contributed by atoms with van der Waals surface area (Å²) in [7, 11) is 1.33. The van der Waals surface area contributed by atoms with E-state index in [4.69, 9.17) is 0 Å². The Hall–Kier alpha value is -0.300. The van der Waals surface area contributed by atoms with Crippen LogP contribution in [0.5, 0.6) is 0 Å². The quantitative estimate of drug-likeness (QED) is 0.785. The summed E-state index contributed by atoms with van der Waals surface area (Å²) in [6.45, 7) is 0. The van der Waals surface area contributed by atoms with Gasteiger partial charge in [0.1, 0.15) is 0 Å². The lowest BCUT2D eigenvalue weighted by Gasteiger charge is -2.04. The highest BCUT2D eigenvalue weighted by atomic mass is 127. The third-order valence-corrected chi connectivity index (χ3v) is 2.38. The topological polar surface area (TPSA) is 38.3 Å². The monoisotopic (exact) mass is 355 g/mol. The number of methoxy groups -OCH3 is 1. The number of benzene rings is 1. The molecule has 0 radical (unpaired) electrons. The Morgan fingerprint density at radius 3 is 2.77 bits per heavy atom. The van der Waals surface area contributed by atoms with Gasteiger partial charge in [-0.25, -0.2) is 4.79 Å². The van der Waals surface area contributed by atoms with E-state index in [0.29, 0.717) is 5.69 Å². The fraction of sp³-hybridized carbons (Fsp3) is 0.125. The van der Waals surface area contributed by atoms with Crippen molar-refractivity contribution < 1.29 is 9.53 Å². The molecule has 0 aliphatic rings. The molecule has 0 fully saturated rings. The molecule has 13 heavy (non-hydrogen) atoms. The highest BCUT2D eigenvalue weighted by Crippen LogP contribution is 2.20. The van der Waals surface area contributed by atoms with Crippen molar-refractivity contribution in [3.63, 3.8) is 0 Å². The molecular formula is C8H7BrINO2. The van der Waals surface area contributed by atoms with Gasteiger partial charge in [0, 0.05) is 13.7 Å². The van der Waals surface area contributed by atoms with E-state index in [1.807, 2.05) is 12.1 Å². The van der Waals surface area contributed by atoms with E-state index in [1.54, 1.807) is 6.07 Å². The Morgan fingerprint density at radius 2 is 2.23 bits per heavy atom. The lowest BCUT2D eigenvalue weighted by atomic mass is 10.3. The van der Waals surface area contributed by atoms with Crippen molar-refractivity contribution in [1.82, 2.24) is 0 Å². The second kappa shape index (κ2) is 4.80. The molecule has 0 bridgehead atoms. The summed E-state index contributed by atoms with van der Waals surface area (Å²) in [6.07, 6.45) is -0.464. The van der Waals surface area contributed by atoms with Gasteiger partial charge in [0.15, 0.2) is 0 Å². The highest BCUT2D eigenvalue weighted by molar-refractivity contribution is 14.1. The van der Waals surface area contributed by atoms with Gasteiger partial charge >= 0.3 is 6.09 Å². The molecule has 0 unspecified atom stereocenters. The molecule has 0 aliphatic heterocycles. The molecule has 0 atom stereocenters. The first-order valence-corrected chi connectivity index (χ1v) is 5.30. The Bertz CT molecular complexity index is 310. The maximum atomic E-state index is 10.9. The van der Waals surface area contributed by atoms with E-state index in [-0.39, 0.29) is 0 Å². The number of anilines is 1. The number of hydrogen-bond donors (Lipinski definition) is 1. The van der Waals surface area contributed by atoms with E-state index in [1.165, 1.54) is 7.11 Å². The molecule has 1 amide bonds. The minimum Gasteiger partial charge on any atom is -0.453 e. The molecule has 0 saturated heterocycles. The van der Waals surface area contributed by atoms with Crippen molar-refractivity contribution in [2.75, 3.05) is 12.4 Å². The van der Waals surface area contributed by atoms with Crippen LogP contribution in [-0.4, -0.2) is 13.2 Å². The smallest absolute Gasteiger partial charge is 0.411 e. The van der Waals surface area contributed by atoms with Crippen molar-refractivity contribution in [1.29, 1.82) is 0 Å². The molecule has 1 N–H and O–H groups in total. The SMILES string of the molecule is COC(=O)Nc1cc(Br)cc(I)c1. The van der Waals surface area contributed by atoms with Crippen molar-refractivity contribution >= 4 is 50.3 Å². The summed E-state index contributed by atoms with van der Waals surface area (Å²) in [4.78, 5) is 10.9. The minimum absolute atomic E-state index is 0.464. The average Bonchev–Trinajstić information content (AvgIpc) is 2.02.